The van der Waals surface area contributed by atoms with Crippen LogP contribution in [0, 0.1) is 0 Å². The minimum Gasteiger partial charge on any atom is -0.298 e. The molecule has 0 aromatic rings. The van der Waals surface area contributed by atoms with Crippen molar-refractivity contribution in [3.05, 3.63) is 0 Å². The third-order valence-corrected chi connectivity index (χ3v) is 6.14. The summed E-state index contributed by atoms with van der Waals surface area (Å²) in [5, 5.41) is 0. The fraction of sp³-hybridized carbons (Fsp3) is 1.00. The van der Waals surface area contributed by atoms with Crippen molar-refractivity contribution in [1.29, 1.82) is 0 Å². The molecule has 0 aromatic carbocycles. The van der Waals surface area contributed by atoms with E-state index < -0.39 is 12.7 Å². The van der Waals surface area contributed by atoms with Gasteiger partial charge in [-0.3, -0.25) is 19.6 Å². The van der Waals surface area contributed by atoms with Gasteiger partial charge in [0.05, 0.1) is 6.54 Å². The van der Waals surface area contributed by atoms with E-state index in [1.165, 1.54) is 4.90 Å². The molecule has 26 heavy (non-hydrogen) atoms. The van der Waals surface area contributed by atoms with Gasteiger partial charge in [-0.1, -0.05) is 0 Å². The predicted octanol–water partition coefficient (Wildman–Crippen LogP) is 2.75. The molecular weight excluding hydrogens is 341 g/mol. The molecular formula is C19H37F3N4. The molecule has 154 valence electrons. The summed E-state index contributed by atoms with van der Waals surface area (Å²) in [6.07, 6.45) is -1.81. The van der Waals surface area contributed by atoms with Gasteiger partial charge in [-0.05, 0) is 40.5 Å². The molecule has 2 saturated heterocycles. The monoisotopic (exact) mass is 378 g/mol. The van der Waals surface area contributed by atoms with E-state index in [2.05, 4.69) is 42.4 Å². The van der Waals surface area contributed by atoms with Gasteiger partial charge in [-0.2, -0.15) is 13.2 Å². The van der Waals surface area contributed by atoms with E-state index in [0.29, 0.717) is 31.2 Å². The van der Waals surface area contributed by atoms with Crippen LogP contribution >= 0.6 is 0 Å². The summed E-state index contributed by atoms with van der Waals surface area (Å²) < 4.78 is 37.5. The van der Waals surface area contributed by atoms with Crippen LogP contribution in [0.3, 0.4) is 0 Å². The Kier molecular flexibility index (Phi) is 8.19. The third kappa shape index (κ3) is 6.98. The molecule has 0 amide bonds. The molecule has 2 heterocycles. The van der Waals surface area contributed by atoms with E-state index in [1.54, 1.807) is 0 Å². The Balaban J connectivity index is 1.65. The van der Waals surface area contributed by atoms with Gasteiger partial charge in [0.25, 0.3) is 0 Å². The van der Waals surface area contributed by atoms with Gasteiger partial charge in [0.15, 0.2) is 0 Å². The van der Waals surface area contributed by atoms with E-state index in [1.807, 2.05) is 0 Å². The van der Waals surface area contributed by atoms with E-state index >= 15 is 0 Å². The molecule has 0 aliphatic carbocycles. The van der Waals surface area contributed by atoms with Crippen molar-refractivity contribution in [3.8, 4) is 0 Å². The van der Waals surface area contributed by atoms with Crippen molar-refractivity contribution in [2.24, 2.45) is 0 Å². The van der Waals surface area contributed by atoms with Crippen LogP contribution in [-0.2, 0) is 0 Å². The van der Waals surface area contributed by atoms with Crippen molar-refractivity contribution in [1.82, 2.24) is 19.6 Å². The summed E-state index contributed by atoms with van der Waals surface area (Å²) in [7, 11) is 0. The minimum atomic E-state index is -4.08. The topological polar surface area (TPSA) is 13.0 Å². The van der Waals surface area contributed by atoms with Crippen molar-refractivity contribution >= 4 is 0 Å². The minimum absolute atomic E-state index is 0.447. The fourth-order valence-corrected chi connectivity index (χ4v) is 4.16. The second-order valence-electron chi connectivity index (χ2n) is 8.37. The second kappa shape index (κ2) is 9.71. The maximum absolute atomic E-state index is 12.5. The Labute approximate surface area is 157 Å². The van der Waals surface area contributed by atoms with Gasteiger partial charge in [0.1, 0.15) is 0 Å². The Morgan fingerprint density at radius 2 is 1.04 bits per heavy atom. The Morgan fingerprint density at radius 3 is 1.42 bits per heavy atom. The first-order valence-electron chi connectivity index (χ1n) is 10.2. The normalized spacial score (nSPS) is 24.9. The van der Waals surface area contributed by atoms with Crippen LogP contribution in [-0.4, -0.2) is 103 Å². The van der Waals surface area contributed by atoms with Gasteiger partial charge in [-0.25, -0.2) is 0 Å². The summed E-state index contributed by atoms with van der Waals surface area (Å²) in [5.74, 6) is 0. The lowest BCUT2D eigenvalue weighted by Crippen LogP contribution is -2.52. The molecule has 2 aliphatic rings. The average molecular weight is 379 g/mol. The molecule has 0 saturated carbocycles. The van der Waals surface area contributed by atoms with E-state index in [4.69, 9.17) is 0 Å². The molecule has 0 spiro atoms. The number of hydrogen-bond acceptors (Lipinski definition) is 4. The molecule has 0 bridgehead atoms. The summed E-state index contributed by atoms with van der Waals surface area (Å²) in [6.45, 7) is 15.4. The highest BCUT2D eigenvalue weighted by atomic mass is 19.4. The molecule has 0 radical (unpaired) electrons. The van der Waals surface area contributed by atoms with Crippen LogP contribution < -0.4 is 0 Å². The maximum Gasteiger partial charge on any atom is 0.401 e. The van der Waals surface area contributed by atoms with Crippen LogP contribution in [0.15, 0.2) is 0 Å². The highest BCUT2D eigenvalue weighted by molar-refractivity contribution is 4.81. The lowest BCUT2D eigenvalue weighted by atomic mass is 10.0. The average Bonchev–Trinajstić information content (AvgIpc) is 2.58. The first kappa shape index (κ1) is 21.9. The van der Waals surface area contributed by atoms with Crippen LogP contribution in [0.1, 0.15) is 40.5 Å². The summed E-state index contributed by atoms with van der Waals surface area (Å²) >= 11 is 0. The van der Waals surface area contributed by atoms with Crippen molar-refractivity contribution < 1.29 is 13.2 Å². The molecule has 2 fully saturated rings. The molecule has 2 aliphatic heterocycles. The number of nitrogens with zero attached hydrogens (tertiary/aromatic N) is 4. The molecule has 7 heteroatoms. The second-order valence-corrected chi connectivity index (χ2v) is 8.37. The molecule has 4 nitrogen and oxygen atoms in total. The molecule has 0 N–H and O–H groups in total. The zero-order valence-corrected chi connectivity index (χ0v) is 16.9. The Hall–Kier alpha value is -0.370. The molecule has 2 rings (SSSR count). The lowest BCUT2D eigenvalue weighted by molar-refractivity contribution is -0.149. The van der Waals surface area contributed by atoms with E-state index in [0.717, 1.165) is 52.1 Å². The highest BCUT2D eigenvalue weighted by Gasteiger charge is 2.32. The number of piperazine rings is 2. The number of alkyl halides is 3. The van der Waals surface area contributed by atoms with Crippen LogP contribution in [0.2, 0.25) is 0 Å². The zero-order valence-electron chi connectivity index (χ0n) is 16.9. The third-order valence-electron chi connectivity index (χ3n) is 6.14. The van der Waals surface area contributed by atoms with Gasteiger partial charge in [0.2, 0.25) is 0 Å². The van der Waals surface area contributed by atoms with Crippen molar-refractivity contribution in [2.75, 3.05) is 58.9 Å². The molecule has 0 aromatic heterocycles. The molecule has 2 unspecified atom stereocenters. The smallest absolute Gasteiger partial charge is 0.298 e. The van der Waals surface area contributed by atoms with Crippen LogP contribution in [0.25, 0.3) is 0 Å². The number of halogens is 3. The van der Waals surface area contributed by atoms with Crippen LogP contribution in [0.5, 0.6) is 0 Å². The molecule has 2 atom stereocenters. The summed E-state index contributed by atoms with van der Waals surface area (Å²) in [4.78, 5) is 9.01. The van der Waals surface area contributed by atoms with Crippen LogP contribution in [0.4, 0.5) is 13.2 Å². The highest BCUT2D eigenvalue weighted by Crippen LogP contribution is 2.20. The zero-order chi connectivity index (χ0) is 19.3. The first-order chi connectivity index (χ1) is 12.2. The number of rotatable bonds is 7. The Morgan fingerprint density at radius 1 is 0.654 bits per heavy atom. The first-order valence-corrected chi connectivity index (χ1v) is 10.2. The predicted molar refractivity (Wildman–Crippen MR) is 101 cm³/mol. The van der Waals surface area contributed by atoms with Gasteiger partial charge >= 0.3 is 6.18 Å². The lowest BCUT2D eigenvalue weighted by Gasteiger charge is -2.41. The van der Waals surface area contributed by atoms with Gasteiger partial charge in [-0.15, -0.1) is 0 Å². The Bertz CT molecular complexity index is 400. The SMILES string of the molecule is CC(C)N1CCN(C(C)CCC(C)N2CCN(CC(F)(F)F)CC2)CC1. The standard InChI is InChI=1S/C19H37F3N4/c1-16(2)24-11-13-26(14-12-24)18(4)6-5-17(3)25-9-7-23(8-10-25)15-19(20,21)22/h16-18H,5-15H2,1-4H3. The summed E-state index contributed by atoms with van der Waals surface area (Å²) in [5.41, 5.74) is 0. The maximum atomic E-state index is 12.5. The largest absolute Gasteiger partial charge is 0.401 e. The van der Waals surface area contributed by atoms with E-state index in [-0.39, 0.29) is 0 Å². The van der Waals surface area contributed by atoms with Crippen molar-refractivity contribution in [2.45, 2.75) is 64.8 Å². The summed E-state index contributed by atoms with van der Waals surface area (Å²) in [6, 6.07) is 1.66. The van der Waals surface area contributed by atoms with Crippen molar-refractivity contribution in [3.63, 3.8) is 0 Å². The van der Waals surface area contributed by atoms with Gasteiger partial charge in [0, 0.05) is 70.5 Å². The quantitative estimate of drug-likeness (QED) is 0.675. The van der Waals surface area contributed by atoms with E-state index in [9.17, 15) is 13.2 Å². The van der Waals surface area contributed by atoms with Gasteiger partial charge < -0.3 is 0 Å². The number of hydrogen-bond donors (Lipinski definition) is 0. The fourth-order valence-electron chi connectivity index (χ4n) is 4.16.